The molecule has 6 heteroatoms. The molecule has 0 unspecified atom stereocenters. The van der Waals surface area contributed by atoms with Gasteiger partial charge in [0.25, 0.3) is 5.91 Å². The molecule has 150 valence electrons. The Bertz CT molecular complexity index is 957. The third-order valence-corrected chi connectivity index (χ3v) is 5.55. The van der Waals surface area contributed by atoms with Crippen LogP contribution in [0.5, 0.6) is 0 Å². The fraction of sp³-hybridized carbons (Fsp3) is 0.348. The van der Waals surface area contributed by atoms with Crippen LogP contribution in [-0.4, -0.2) is 56.9 Å². The van der Waals surface area contributed by atoms with E-state index in [9.17, 15) is 4.79 Å². The maximum Gasteiger partial charge on any atom is 0.276 e. The average Bonchev–Trinajstić information content (AvgIpc) is 3.11. The molecule has 29 heavy (non-hydrogen) atoms. The van der Waals surface area contributed by atoms with Crippen molar-refractivity contribution in [3.63, 3.8) is 0 Å². The number of carbonyl (C=O) groups excluding carboxylic acids is 1. The molecular weight excluding hydrogens is 362 g/mol. The molecule has 0 radical (unpaired) electrons. The van der Waals surface area contributed by atoms with E-state index in [0.717, 1.165) is 44.0 Å². The molecule has 1 aromatic heterocycles. The largest absolute Gasteiger partial charge is 0.335 e. The molecule has 6 nitrogen and oxygen atoms in total. The van der Waals surface area contributed by atoms with Crippen molar-refractivity contribution < 1.29 is 4.79 Å². The lowest BCUT2D eigenvalue weighted by Gasteiger charge is -2.34. The van der Waals surface area contributed by atoms with Gasteiger partial charge in [-0.2, -0.15) is 0 Å². The van der Waals surface area contributed by atoms with Gasteiger partial charge in [0.1, 0.15) is 0 Å². The highest BCUT2D eigenvalue weighted by atomic mass is 16.2. The van der Waals surface area contributed by atoms with E-state index in [1.54, 1.807) is 4.68 Å². The van der Waals surface area contributed by atoms with Gasteiger partial charge >= 0.3 is 0 Å². The second-order valence-electron chi connectivity index (χ2n) is 7.72. The van der Waals surface area contributed by atoms with Gasteiger partial charge in [0.2, 0.25) is 0 Å². The van der Waals surface area contributed by atoms with E-state index in [1.165, 1.54) is 11.1 Å². The van der Waals surface area contributed by atoms with E-state index in [0.29, 0.717) is 12.2 Å². The first-order valence-electron chi connectivity index (χ1n) is 10.1. The summed E-state index contributed by atoms with van der Waals surface area (Å²) >= 11 is 0. The fourth-order valence-electron chi connectivity index (χ4n) is 3.68. The van der Waals surface area contributed by atoms with Crippen LogP contribution in [0.1, 0.15) is 32.9 Å². The number of benzene rings is 2. The molecule has 3 aromatic rings. The van der Waals surface area contributed by atoms with Crippen LogP contribution in [0.4, 0.5) is 0 Å². The summed E-state index contributed by atoms with van der Waals surface area (Å²) in [6, 6.07) is 18.8. The molecule has 0 atom stereocenters. The van der Waals surface area contributed by atoms with Gasteiger partial charge in [0, 0.05) is 32.7 Å². The molecule has 1 saturated heterocycles. The summed E-state index contributed by atoms with van der Waals surface area (Å²) in [6.07, 6.45) is 0. The first-order valence-corrected chi connectivity index (χ1v) is 10.1. The predicted octanol–water partition coefficient (Wildman–Crippen LogP) is 2.90. The lowest BCUT2D eigenvalue weighted by Crippen LogP contribution is -2.48. The summed E-state index contributed by atoms with van der Waals surface area (Å²) in [6.45, 7) is 8.75. The summed E-state index contributed by atoms with van der Waals surface area (Å²) in [5.41, 5.74) is 5.02. The van der Waals surface area contributed by atoms with Crippen LogP contribution in [0.15, 0.2) is 54.6 Å². The number of nitrogens with zero attached hydrogens (tertiary/aromatic N) is 5. The van der Waals surface area contributed by atoms with E-state index in [4.69, 9.17) is 0 Å². The van der Waals surface area contributed by atoms with Gasteiger partial charge in [0.15, 0.2) is 5.69 Å². The smallest absolute Gasteiger partial charge is 0.276 e. The van der Waals surface area contributed by atoms with Crippen molar-refractivity contribution in [3.8, 4) is 0 Å². The highest BCUT2D eigenvalue weighted by Gasteiger charge is 2.26. The second kappa shape index (κ2) is 8.57. The SMILES string of the molecule is Cc1ccc(CN2CCN(C(=O)c3nnn(Cc4ccccc4)c3C)CC2)cc1. The van der Waals surface area contributed by atoms with E-state index in [-0.39, 0.29) is 5.91 Å². The molecule has 0 spiro atoms. The van der Waals surface area contributed by atoms with E-state index in [1.807, 2.05) is 30.0 Å². The Balaban J connectivity index is 1.35. The molecular formula is C23H27N5O. The number of hydrogen-bond donors (Lipinski definition) is 0. The maximum absolute atomic E-state index is 13.0. The Labute approximate surface area is 171 Å². The van der Waals surface area contributed by atoms with Crippen LogP contribution < -0.4 is 0 Å². The van der Waals surface area contributed by atoms with Crippen LogP contribution in [0.25, 0.3) is 0 Å². The van der Waals surface area contributed by atoms with Gasteiger partial charge in [-0.15, -0.1) is 5.10 Å². The number of rotatable bonds is 5. The fourth-order valence-corrected chi connectivity index (χ4v) is 3.68. The summed E-state index contributed by atoms with van der Waals surface area (Å²) in [7, 11) is 0. The third kappa shape index (κ3) is 4.54. The van der Waals surface area contributed by atoms with Crippen molar-refractivity contribution in [2.24, 2.45) is 0 Å². The Morgan fingerprint density at radius 3 is 2.21 bits per heavy atom. The highest BCUT2D eigenvalue weighted by Crippen LogP contribution is 2.14. The van der Waals surface area contributed by atoms with Crippen molar-refractivity contribution in [1.82, 2.24) is 24.8 Å². The molecule has 2 aromatic carbocycles. The summed E-state index contributed by atoms with van der Waals surface area (Å²) < 4.78 is 1.80. The Hall–Kier alpha value is -2.99. The van der Waals surface area contributed by atoms with Gasteiger partial charge in [-0.3, -0.25) is 9.69 Å². The minimum atomic E-state index is -0.0169. The summed E-state index contributed by atoms with van der Waals surface area (Å²) in [4.78, 5) is 17.3. The number of carbonyl (C=O) groups is 1. The standard InChI is InChI=1S/C23H27N5O/c1-18-8-10-21(11-9-18)16-26-12-14-27(15-13-26)23(29)22-19(2)28(25-24-22)17-20-6-4-3-5-7-20/h3-11H,12-17H2,1-2H3. The highest BCUT2D eigenvalue weighted by molar-refractivity contribution is 5.93. The van der Waals surface area contributed by atoms with Gasteiger partial charge in [-0.05, 0) is 25.0 Å². The van der Waals surface area contributed by atoms with Gasteiger partial charge in [0.05, 0.1) is 12.2 Å². The summed E-state index contributed by atoms with van der Waals surface area (Å²) in [5.74, 6) is -0.0169. The number of hydrogen-bond acceptors (Lipinski definition) is 4. The number of piperazine rings is 1. The van der Waals surface area contributed by atoms with E-state index >= 15 is 0 Å². The first-order chi connectivity index (χ1) is 14.1. The quantitative estimate of drug-likeness (QED) is 0.673. The van der Waals surface area contributed by atoms with Crippen LogP contribution >= 0.6 is 0 Å². The topological polar surface area (TPSA) is 54.3 Å². The molecule has 0 aliphatic carbocycles. The Morgan fingerprint density at radius 1 is 0.862 bits per heavy atom. The molecule has 0 saturated carbocycles. The predicted molar refractivity (Wildman–Crippen MR) is 113 cm³/mol. The second-order valence-corrected chi connectivity index (χ2v) is 7.72. The number of aromatic nitrogens is 3. The van der Waals surface area contributed by atoms with Crippen LogP contribution in [0.2, 0.25) is 0 Å². The normalized spacial score (nSPS) is 14.9. The first kappa shape index (κ1) is 19.3. The molecule has 1 aliphatic heterocycles. The summed E-state index contributed by atoms with van der Waals surface area (Å²) in [5, 5.41) is 8.40. The molecule has 4 rings (SSSR count). The zero-order valence-corrected chi connectivity index (χ0v) is 17.1. The molecule has 2 heterocycles. The monoisotopic (exact) mass is 389 g/mol. The minimum Gasteiger partial charge on any atom is -0.335 e. The lowest BCUT2D eigenvalue weighted by atomic mass is 10.1. The van der Waals surface area contributed by atoms with Gasteiger partial charge < -0.3 is 4.90 Å². The maximum atomic E-state index is 13.0. The molecule has 1 amide bonds. The van der Waals surface area contributed by atoms with Crippen molar-refractivity contribution in [3.05, 3.63) is 82.7 Å². The lowest BCUT2D eigenvalue weighted by molar-refractivity contribution is 0.0622. The van der Waals surface area contributed by atoms with Crippen molar-refractivity contribution in [2.45, 2.75) is 26.9 Å². The molecule has 1 aliphatic rings. The minimum absolute atomic E-state index is 0.0169. The number of amides is 1. The number of aryl methyl sites for hydroxylation is 1. The molecule has 0 bridgehead atoms. The third-order valence-electron chi connectivity index (χ3n) is 5.55. The van der Waals surface area contributed by atoms with E-state index < -0.39 is 0 Å². The zero-order valence-electron chi connectivity index (χ0n) is 17.1. The average molecular weight is 390 g/mol. The van der Waals surface area contributed by atoms with Crippen LogP contribution in [-0.2, 0) is 13.1 Å². The molecule has 0 N–H and O–H groups in total. The van der Waals surface area contributed by atoms with Crippen molar-refractivity contribution in [2.75, 3.05) is 26.2 Å². The van der Waals surface area contributed by atoms with Gasteiger partial charge in [-0.25, -0.2) is 4.68 Å². The van der Waals surface area contributed by atoms with Gasteiger partial charge in [-0.1, -0.05) is 65.4 Å². The van der Waals surface area contributed by atoms with Crippen LogP contribution in [0, 0.1) is 13.8 Å². The van der Waals surface area contributed by atoms with E-state index in [2.05, 4.69) is 58.5 Å². The Morgan fingerprint density at radius 2 is 1.52 bits per heavy atom. The molecule has 1 fully saturated rings. The zero-order chi connectivity index (χ0) is 20.2. The van der Waals surface area contributed by atoms with Crippen LogP contribution in [0.3, 0.4) is 0 Å². The van der Waals surface area contributed by atoms with Crippen molar-refractivity contribution >= 4 is 5.91 Å². The Kier molecular flexibility index (Phi) is 5.71. The van der Waals surface area contributed by atoms with Crippen molar-refractivity contribution in [1.29, 1.82) is 0 Å².